The smallest absolute Gasteiger partial charge is 0.320 e. The number of methoxy groups -OCH3 is 2. The van der Waals surface area contributed by atoms with Gasteiger partial charge in [0.05, 0.1) is 14.2 Å². The molecule has 8 heteroatoms. The molecule has 0 saturated heterocycles. The van der Waals surface area contributed by atoms with Crippen molar-refractivity contribution in [3.8, 4) is 11.5 Å². The van der Waals surface area contributed by atoms with Crippen LogP contribution in [-0.2, 0) is 22.4 Å². The van der Waals surface area contributed by atoms with Crippen LogP contribution in [-0.4, -0.2) is 48.5 Å². The van der Waals surface area contributed by atoms with Gasteiger partial charge in [-0.25, -0.2) is 0 Å². The van der Waals surface area contributed by atoms with Crippen molar-refractivity contribution < 1.29 is 29.3 Å². The quantitative estimate of drug-likeness (QED) is 0.528. The number of carboxylic acids is 2. The monoisotopic (exact) mass is 390 g/mol. The second kappa shape index (κ2) is 11.6. The molecular formula is C20H26N2O6. The Morgan fingerprint density at radius 2 is 1.04 bits per heavy atom. The number of rotatable bonds is 8. The van der Waals surface area contributed by atoms with Crippen LogP contribution in [0.4, 0.5) is 0 Å². The summed E-state index contributed by atoms with van der Waals surface area (Å²) >= 11 is 0. The maximum Gasteiger partial charge on any atom is 0.320 e. The highest BCUT2D eigenvalue weighted by molar-refractivity contribution is 5.73. The van der Waals surface area contributed by atoms with Gasteiger partial charge in [0, 0.05) is 0 Å². The standard InChI is InChI=1S/2C10H13NO3/c2*1-14-8-4-2-7(3-5-8)6-9(11)10(12)13/h2*2-5,9H,6,11H2,1H3,(H,12,13)/t2*9-/m00/s1. The lowest BCUT2D eigenvalue weighted by Crippen LogP contribution is -2.32. The summed E-state index contributed by atoms with van der Waals surface area (Å²) in [5.74, 6) is -0.475. The lowest BCUT2D eigenvalue weighted by atomic mass is 10.1. The summed E-state index contributed by atoms with van der Waals surface area (Å²) in [5, 5.41) is 17.2. The van der Waals surface area contributed by atoms with E-state index in [4.69, 9.17) is 31.2 Å². The first-order chi connectivity index (χ1) is 13.3. The molecule has 2 rings (SSSR count). The molecule has 0 unspecified atom stereocenters. The van der Waals surface area contributed by atoms with Crippen LogP contribution in [0.2, 0.25) is 0 Å². The Bertz CT molecular complexity index is 681. The van der Waals surface area contributed by atoms with Crippen molar-refractivity contribution in [1.29, 1.82) is 0 Å². The van der Waals surface area contributed by atoms with E-state index in [0.717, 1.165) is 22.6 Å². The Kier molecular flexibility index (Phi) is 9.49. The molecule has 2 aromatic carbocycles. The number of carbonyl (C=O) groups is 2. The van der Waals surface area contributed by atoms with Crippen LogP contribution in [0.5, 0.6) is 11.5 Å². The van der Waals surface area contributed by atoms with Gasteiger partial charge in [0.25, 0.3) is 0 Å². The summed E-state index contributed by atoms with van der Waals surface area (Å²) in [4.78, 5) is 21.0. The van der Waals surface area contributed by atoms with E-state index in [1.54, 1.807) is 38.5 Å². The van der Waals surface area contributed by atoms with Crippen molar-refractivity contribution in [2.45, 2.75) is 24.9 Å². The first-order valence-corrected chi connectivity index (χ1v) is 8.49. The third-order valence-electron chi connectivity index (χ3n) is 3.86. The van der Waals surface area contributed by atoms with Gasteiger partial charge < -0.3 is 31.2 Å². The Balaban J connectivity index is 0.000000280. The van der Waals surface area contributed by atoms with Gasteiger partial charge in [-0.1, -0.05) is 24.3 Å². The van der Waals surface area contributed by atoms with Crippen molar-refractivity contribution in [2.75, 3.05) is 14.2 Å². The molecule has 6 N–H and O–H groups in total. The lowest BCUT2D eigenvalue weighted by molar-refractivity contribution is -0.139. The zero-order valence-electron chi connectivity index (χ0n) is 15.9. The topological polar surface area (TPSA) is 145 Å². The summed E-state index contributed by atoms with van der Waals surface area (Å²) < 4.78 is 9.95. The van der Waals surface area contributed by atoms with E-state index < -0.39 is 24.0 Å². The fourth-order valence-electron chi connectivity index (χ4n) is 2.21. The maximum atomic E-state index is 10.5. The van der Waals surface area contributed by atoms with Gasteiger partial charge in [-0.05, 0) is 48.2 Å². The number of aliphatic carboxylic acids is 2. The number of hydrogen-bond acceptors (Lipinski definition) is 6. The van der Waals surface area contributed by atoms with Crippen LogP contribution < -0.4 is 20.9 Å². The van der Waals surface area contributed by atoms with Crippen LogP contribution in [0.1, 0.15) is 11.1 Å². The van der Waals surface area contributed by atoms with Gasteiger partial charge in [0.1, 0.15) is 23.6 Å². The molecule has 0 amide bonds. The van der Waals surface area contributed by atoms with Crippen LogP contribution in [0.3, 0.4) is 0 Å². The summed E-state index contributed by atoms with van der Waals surface area (Å²) in [6.45, 7) is 0. The molecule has 8 nitrogen and oxygen atoms in total. The normalized spacial score (nSPS) is 12.1. The van der Waals surface area contributed by atoms with Gasteiger partial charge in [-0.15, -0.1) is 0 Å². The van der Waals surface area contributed by atoms with E-state index in [2.05, 4.69) is 0 Å². The number of hydrogen-bond donors (Lipinski definition) is 4. The van der Waals surface area contributed by atoms with E-state index in [9.17, 15) is 9.59 Å². The minimum absolute atomic E-state index is 0.333. The number of nitrogens with two attached hydrogens (primary N) is 2. The van der Waals surface area contributed by atoms with Gasteiger partial charge in [0.15, 0.2) is 0 Å². The molecule has 2 aromatic rings. The van der Waals surface area contributed by atoms with E-state index in [-0.39, 0.29) is 0 Å². The van der Waals surface area contributed by atoms with Crippen molar-refractivity contribution in [3.63, 3.8) is 0 Å². The van der Waals surface area contributed by atoms with E-state index in [1.165, 1.54) is 0 Å². The molecule has 0 aliphatic rings. The average molecular weight is 390 g/mol. The second-order valence-corrected chi connectivity index (χ2v) is 5.99. The highest BCUT2D eigenvalue weighted by atomic mass is 16.5. The number of carboxylic acid groups (broad SMARTS) is 2. The van der Waals surface area contributed by atoms with Crippen molar-refractivity contribution in [1.82, 2.24) is 0 Å². The van der Waals surface area contributed by atoms with E-state index in [0.29, 0.717) is 12.8 Å². The van der Waals surface area contributed by atoms with E-state index in [1.807, 2.05) is 24.3 Å². The summed E-state index contributed by atoms with van der Waals surface area (Å²) in [6.07, 6.45) is 0.665. The highest BCUT2D eigenvalue weighted by Gasteiger charge is 2.12. The molecular weight excluding hydrogens is 364 g/mol. The number of benzene rings is 2. The molecule has 0 aromatic heterocycles. The van der Waals surface area contributed by atoms with Crippen LogP contribution >= 0.6 is 0 Å². The summed E-state index contributed by atoms with van der Waals surface area (Å²) in [5.41, 5.74) is 12.6. The zero-order chi connectivity index (χ0) is 21.1. The van der Waals surface area contributed by atoms with Crippen LogP contribution in [0.15, 0.2) is 48.5 Å². The van der Waals surface area contributed by atoms with Crippen molar-refractivity contribution >= 4 is 11.9 Å². The van der Waals surface area contributed by atoms with E-state index >= 15 is 0 Å². The average Bonchev–Trinajstić information content (AvgIpc) is 2.69. The SMILES string of the molecule is COc1ccc(C[C@H](N)C(=O)O)cc1.COc1ccc(C[C@H](N)C(=O)O)cc1. The summed E-state index contributed by atoms with van der Waals surface area (Å²) in [7, 11) is 3.16. The van der Waals surface area contributed by atoms with Crippen LogP contribution in [0.25, 0.3) is 0 Å². The summed E-state index contributed by atoms with van der Waals surface area (Å²) in [6, 6.07) is 12.7. The first-order valence-electron chi connectivity index (χ1n) is 8.49. The Hall–Kier alpha value is -3.10. The predicted molar refractivity (Wildman–Crippen MR) is 105 cm³/mol. The van der Waals surface area contributed by atoms with Crippen LogP contribution in [0, 0.1) is 0 Å². The molecule has 2 atom stereocenters. The minimum Gasteiger partial charge on any atom is -0.497 e. The molecule has 0 aliphatic carbocycles. The second-order valence-electron chi connectivity index (χ2n) is 5.99. The Labute approximate surface area is 163 Å². The lowest BCUT2D eigenvalue weighted by Gasteiger charge is -2.06. The number of ether oxygens (including phenoxy) is 2. The van der Waals surface area contributed by atoms with Gasteiger partial charge in [0.2, 0.25) is 0 Å². The molecule has 0 saturated carbocycles. The molecule has 0 spiro atoms. The molecule has 0 fully saturated rings. The first kappa shape index (κ1) is 22.9. The predicted octanol–water partition coefficient (Wildman–Crippen LogP) is 1.30. The molecule has 152 valence electrons. The molecule has 0 aliphatic heterocycles. The third kappa shape index (κ3) is 8.07. The zero-order valence-corrected chi connectivity index (χ0v) is 15.9. The largest absolute Gasteiger partial charge is 0.497 e. The van der Waals surface area contributed by atoms with Gasteiger partial charge in [-0.3, -0.25) is 9.59 Å². The fraction of sp³-hybridized carbons (Fsp3) is 0.300. The fourth-order valence-corrected chi connectivity index (χ4v) is 2.21. The molecule has 0 bridgehead atoms. The molecule has 0 radical (unpaired) electrons. The Morgan fingerprint density at radius 3 is 1.25 bits per heavy atom. The maximum absolute atomic E-state index is 10.5. The Morgan fingerprint density at radius 1 is 0.750 bits per heavy atom. The van der Waals surface area contributed by atoms with Crippen molar-refractivity contribution in [3.05, 3.63) is 59.7 Å². The van der Waals surface area contributed by atoms with Gasteiger partial charge in [-0.2, -0.15) is 0 Å². The minimum atomic E-state index is -0.985. The van der Waals surface area contributed by atoms with Gasteiger partial charge >= 0.3 is 11.9 Å². The molecule has 0 heterocycles. The molecule has 28 heavy (non-hydrogen) atoms. The third-order valence-corrected chi connectivity index (χ3v) is 3.86. The van der Waals surface area contributed by atoms with Crippen molar-refractivity contribution in [2.24, 2.45) is 11.5 Å². The highest BCUT2D eigenvalue weighted by Crippen LogP contribution is 2.13.